The van der Waals surface area contributed by atoms with Gasteiger partial charge in [0.15, 0.2) is 11.5 Å². The highest BCUT2D eigenvalue weighted by Gasteiger charge is 2.12. The van der Waals surface area contributed by atoms with Gasteiger partial charge < -0.3 is 19.9 Å². The van der Waals surface area contributed by atoms with E-state index >= 15 is 0 Å². The predicted molar refractivity (Wildman–Crippen MR) is 113 cm³/mol. The summed E-state index contributed by atoms with van der Waals surface area (Å²) in [5.41, 5.74) is 8.92. The Morgan fingerprint density at radius 1 is 0.821 bits per heavy atom. The normalized spacial score (nSPS) is 10.5. The van der Waals surface area contributed by atoms with Crippen molar-refractivity contribution in [2.75, 3.05) is 19.8 Å². The van der Waals surface area contributed by atoms with Crippen LogP contribution in [0.15, 0.2) is 66.7 Å². The zero-order valence-electron chi connectivity index (χ0n) is 15.9. The maximum Gasteiger partial charge on any atom is 0.179 e. The number of hydrogen-bond donors (Lipinski definition) is 1. The predicted octanol–water partition coefficient (Wildman–Crippen LogP) is 5.32. The Morgan fingerprint density at radius 3 is 2.18 bits per heavy atom. The SMILES string of the molecule is CCOc1cc(CN)cc(Cl)c1OCCOc1ccc(-c2ccccc2)cc1. The monoisotopic (exact) mass is 397 g/mol. The molecule has 0 unspecified atom stereocenters. The molecule has 0 aliphatic rings. The summed E-state index contributed by atoms with van der Waals surface area (Å²) in [6, 6.07) is 21.9. The van der Waals surface area contributed by atoms with Crippen molar-refractivity contribution in [1.29, 1.82) is 0 Å². The molecular weight excluding hydrogens is 374 g/mol. The molecule has 0 atom stereocenters. The van der Waals surface area contributed by atoms with Crippen LogP contribution in [-0.2, 0) is 6.54 Å². The van der Waals surface area contributed by atoms with Crippen molar-refractivity contribution in [3.63, 3.8) is 0 Å². The van der Waals surface area contributed by atoms with E-state index in [2.05, 4.69) is 12.1 Å². The third-order valence-electron chi connectivity index (χ3n) is 4.16. The second kappa shape index (κ2) is 10.0. The highest BCUT2D eigenvalue weighted by Crippen LogP contribution is 2.36. The minimum absolute atomic E-state index is 0.349. The molecule has 3 aromatic carbocycles. The van der Waals surface area contributed by atoms with E-state index in [0.717, 1.165) is 16.9 Å². The standard InChI is InChI=1S/C23H24ClNO3/c1-2-26-22-15-17(16-25)14-21(24)23(22)28-13-12-27-20-10-8-19(9-11-20)18-6-4-3-5-7-18/h3-11,14-15H,2,12-13,16,25H2,1H3. The first kappa shape index (κ1) is 20.1. The minimum atomic E-state index is 0.349. The molecule has 0 bridgehead atoms. The Balaban J connectivity index is 1.56. The molecule has 0 aliphatic heterocycles. The summed E-state index contributed by atoms with van der Waals surface area (Å²) in [5.74, 6) is 1.91. The van der Waals surface area contributed by atoms with Gasteiger partial charge in [-0.3, -0.25) is 0 Å². The van der Waals surface area contributed by atoms with Crippen molar-refractivity contribution in [2.24, 2.45) is 5.73 Å². The summed E-state index contributed by atoms with van der Waals surface area (Å²) in [6.07, 6.45) is 0. The lowest BCUT2D eigenvalue weighted by Gasteiger charge is -2.15. The van der Waals surface area contributed by atoms with Gasteiger partial charge in [0.05, 0.1) is 11.6 Å². The minimum Gasteiger partial charge on any atom is -0.490 e. The topological polar surface area (TPSA) is 53.7 Å². The number of ether oxygens (including phenoxy) is 3. The molecule has 5 heteroatoms. The van der Waals surface area contributed by atoms with Gasteiger partial charge in [-0.05, 0) is 47.9 Å². The number of nitrogens with two attached hydrogens (primary N) is 1. The van der Waals surface area contributed by atoms with E-state index < -0.39 is 0 Å². The molecule has 28 heavy (non-hydrogen) atoms. The summed E-state index contributed by atoms with van der Waals surface area (Å²) in [7, 11) is 0. The molecule has 0 amide bonds. The molecule has 0 spiro atoms. The molecule has 0 saturated heterocycles. The lowest BCUT2D eigenvalue weighted by Crippen LogP contribution is -2.10. The molecular formula is C23H24ClNO3. The van der Waals surface area contributed by atoms with Crippen molar-refractivity contribution in [2.45, 2.75) is 13.5 Å². The van der Waals surface area contributed by atoms with Crippen LogP contribution in [0.4, 0.5) is 0 Å². The second-order valence-electron chi connectivity index (χ2n) is 6.13. The maximum absolute atomic E-state index is 6.32. The number of rotatable bonds is 9. The lowest BCUT2D eigenvalue weighted by molar-refractivity contribution is 0.208. The van der Waals surface area contributed by atoms with E-state index in [1.54, 1.807) is 6.07 Å². The average Bonchev–Trinajstić information content (AvgIpc) is 2.73. The molecule has 3 aromatic rings. The van der Waals surface area contributed by atoms with Crippen LogP contribution < -0.4 is 19.9 Å². The van der Waals surface area contributed by atoms with Crippen LogP contribution in [0.5, 0.6) is 17.2 Å². The number of hydrogen-bond acceptors (Lipinski definition) is 4. The fourth-order valence-electron chi connectivity index (χ4n) is 2.82. The molecule has 0 aliphatic carbocycles. The first-order valence-corrected chi connectivity index (χ1v) is 9.65. The molecule has 0 radical (unpaired) electrons. The van der Waals surface area contributed by atoms with Crippen LogP contribution in [0.1, 0.15) is 12.5 Å². The Morgan fingerprint density at radius 2 is 1.50 bits per heavy atom. The van der Waals surface area contributed by atoms with Gasteiger partial charge in [-0.25, -0.2) is 0 Å². The van der Waals surface area contributed by atoms with Gasteiger partial charge in [-0.1, -0.05) is 54.1 Å². The fraction of sp³-hybridized carbons (Fsp3) is 0.217. The zero-order valence-corrected chi connectivity index (χ0v) is 16.6. The number of halogens is 1. The van der Waals surface area contributed by atoms with Gasteiger partial charge in [0.25, 0.3) is 0 Å². The van der Waals surface area contributed by atoms with E-state index in [0.29, 0.717) is 42.9 Å². The summed E-state index contributed by atoms with van der Waals surface area (Å²) < 4.78 is 17.2. The van der Waals surface area contributed by atoms with Gasteiger partial charge in [0.1, 0.15) is 19.0 Å². The van der Waals surface area contributed by atoms with Gasteiger partial charge in [0, 0.05) is 6.54 Å². The van der Waals surface area contributed by atoms with Crippen LogP contribution in [0, 0.1) is 0 Å². The fourth-order valence-corrected chi connectivity index (χ4v) is 3.11. The van der Waals surface area contributed by atoms with Gasteiger partial charge in [-0.2, -0.15) is 0 Å². The Hall–Kier alpha value is -2.69. The smallest absolute Gasteiger partial charge is 0.179 e. The molecule has 0 aromatic heterocycles. The zero-order chi connectivity index (χ0) is 19.8. The lowest BCUT2D eigenvalue weighted by atomic mass is 10.1. The van der Waals surface area contributed by atoms with Crippen molar-refractivity contribution in [3.05, 3.63) is 77.3 Å². The average molecular weight is 398 g/mol. The highest BCUT2D eigenvalue weighted by molar-refractivity contribution is 6.32. The molecule has 0 heterocycles. The van der Waals surface area contributed by atoms with E-state index in [1.807, 2.05) is 55.5 Å². The van der Waals surface area contributed by atoms with Crippen LogP contribution in [-0.4, -0.2) is 19.8 Å². The quantitative estimate of drug-likeness (QED) is 0.496. The van der Waals surface area contributed by atoms with Crippen molar-refractivity contribution in [3.8, 4) is 28.4 Å². The maximum atomic E-state index is 6.32. The Bertz CT molecular complexity index is 882. The van der Waals surface area contributed by atoms with Crippen LogP contribution in [0.2, 0.25) is 5.02 Å². The second-order valence-corrected chi connectivity index (χ2v) is 6.54. The molecule has 0 fully saturated rings. The molecule has 146 valence electrons. The van der Waals surface area contributed by atoms with Crippen molar-refractivity contribution < 1.29 is 14.2 Å². The largest absolute Gasteiger partial charge is 0.490 e. The van der Waals surface area contributed by atoms with E-state index in [-0.39, 0.29) is 0 Å². The van der Waals surface area contributed by atoms with Crippen LogP contribution >= 0.6 is 11.6 Å². The van der Waals surface area contributed by atoms with Crippen LogP contribution in [0.3, 0.4) is 0 Å². The third kappa shape index (κ3) is 5.18. The highest BCUT2D eigenvalue weighted by atomic mass is 35.5. The summed E-state index contributed by atoms with van der Waals surface area (Å²) >= 11 is 6.32. The summed E-state index contributed by atoms with van der Waals surface area (Å²) in [5, 5.41) is 0.485. The Kier molecular flexibility index (Phi) is 7.18. The summed E-state index contributed by atoms with van der Waals surface area (Å²) in [6.45, 7) is 3.57. The first-order valence-electron chi connectivity index (χ1n) is 9.27. The third-order valence-corrected chi connectivity index (χ3v) is 4.45. The van der Waals surface area contributed by atoms with Crippen molar-refractivity contribution >= 4 is 11.6 Å². The first-order chi connectivity index (χ1) is 13.7. The summed E-state index contributed by atoms with van der Waals surface area (Å²) in [4.78, 5) is 0. The van der Waals surface area contributed by atoms with Gasteiger partial charge in [0.2, 0.25) is 0 Å². The Labute approximate surface area is 170 Å². The molecule has 2 N–H and O–H groups in total. The van der Waals surface area contributed by atoms with Crippen LogP contribution in [0.25, 0.3) is 11.1 Å². The number of benzene rings is 3. The molecule has 4 nitrogen and oxygen atoms in total. The van der Waals surface area contributed by atoms with Crippen molar-refractivity contribution in [1.82, 2.24) is 0 Å². The van der Waals surface area contributed by atoms with E-state index in [9.17, 15) is 0 Å². The van der Waals surface area contributed by atoms with E-state index in [4.69, 9.17) is 31.5 Å². The van der Waals surface area contributed by atoms with Gasteiger partial charge in [-0.15, -0.1) is 0 Å². The molecule has 3 rings (SSSR count). The van der Waals surface area contributed by atoms with Gasteiger partial charge >= 0.3 is 0 Å². The van der Waals surface area contributed by atoms with E-state index in [1.165, 1.54) is 5.56 Å². The molecule has 0 saturated carbocycles.